The van der Waals surface area contributed by atoms with Gasteiger partial charge in [-0.25, -0.2) is 0 Å². The number of carbonyl (C=O) groups is 1. The first-order valence-corrected chi connectivity index (χ1v) is 7.77. The van der Waals surface area contributed by atoms with E-state index >= 15 is 0 Å². The summed E-state index contributed by atoms with van der Waals surface area (Å²) in [7, 11) is 0. The molecular formula is C15H28N2O2. The van der Waals surface area contributed by atoms with E-state index in [0.717, 1.165) is 32.2 Å². The second-order valence-electron chi connectivity index (χ2n) is 6.38. The third-order valence-electron chi connectivity index (χ3n) is 4.26. The van der Waals surface area contributed by atoms with Crippen molar-refractivity contribution in [3.63, 3.8) is 0 Å². The summed E-state index contributed by atoms with van der Waals surface area (Å²) in [4.78, 5) is 14.8. The maximum absolute atomic E-state index is 12.7. The Balaban J connectivity index is 1.98. The highest BCUT2D eigenvalue weighted by Gasteiger charge is 2.36. The lowest BCUT2D eigenvalue weighted by Crippen LogP contribution is -2.46. The number of hydrogen-bond acceptors (Lipinski definition) is 3. The normalized spacial score (nSPS) is 28.2. The molecule has 2 unspecified atom stereocenters. The first-order chi connectivity index (χ1) is 9.11. The van der Waals surface area contributed by atoms with Gasteiger partial charge in [0.25, 0.3) is 5.91 Å². The van der Waals surface area contributed by atoms with Gasteiger partial charge in [0.2, 0.25) is 0 Å². The minimum atomic E-state index is -0.243. The second kappa shape index (κ2) is 6.71. The number of nitrogens with two attached hydrogens (primary N) is 1. The second-order valence-corrected chi connectivity index (χ2v) is 6.38. The summed E-state index contributed by atoms with van der Waals surface area (Å²) in [5.74, 6) is 0.716. The molecule has 4 nitrogen and oxygen atoms in total. The molecule has 1 heterocycles. The van der Waals surface area contributed by atoms with Crippen LogP contribution in [0.3, 0.4) is 0 Å². The summed E-state index contributed by atoms with van der Waals surface area (Å²) in [5, 5.41) is 0. The van der Waals surface area contributed by atoms with E-state index in [9.17, 15) is 4.79 Å². The van der Waals surface area contributed by atoms with Crippen molar-refractivity contribution >= 4 is 5.91 Å². The number of carbonyl (C=O) groups excluding carboxylic acids is 1. The molecule has 2 N–H and O–H groups in total. The van der Waals surface area contributed by atoms with Crippen molar-refractivity contribution in [2.75, 3.05) is 13.1 Å². The predicted octanol–water partition coefficient (Wildman–Crippen LogP) is 1.92. The minimum absolute atomic E-state index is 0.0819. The molecule has 4 heteroatoms. The molecule has 1 saturated heterocycles. The molecule has 0 bridgehead atoms. The van der Waals surface area contributed by atoms with Crippen molar-refractivity contribution in [1.82, 2.24) is 4.90 Å². The van der Waals surface area contributed by atoms with E-state index < -0.39 is 0 Å². The van der Waals surface area contributed by atoms with Gasteiger partial charge in [0.1, 0.15) is 6.10 Å². The van der Waals surface area contributed by atoms with Crippen LogP contribution in [0.5, 0.6) is 0 Å². The molecule has 0 radical (unpaired) electrons. The van der Waals surface area contributed by atoms with E-state index in [1.54, 1.807) is 0 Å². The van der Waals surface area contributed by atoms with Crippen LogP contribution in [0, 0.1) is 5.92 Å². The zero-order valence-electron chi connectivity index (χ0n) is 12.3. The van der Waals surface area contributed by atoms with Gasteiger partial charge in [-0.3, -0.25) is 4.79 Å². The third kappa shape index (κ3) is 3.69. The number of hydrogen-bond donors (Lipinski definition) is 1. The highest BCUT2D eigenvalue weighted by molar-refractivity contribution is 5.81. The van der Waals surface area contributed by atoms with Crippen LogP contribution in [-0.4, -0.2) is 42.1 Å². The summed E-state index contributed by atoms with van der Waals surface area (Å²) in [6.07, 6.45) is 6.42. The van der Waals surface area contributed by atoms with Gasteiger partial charge in [-0.2, -0.15) is 0 Å². The molecule has 1 saturated carbocycles. The van der Waals surface area contributed by atoms with Crippen LogP contribution in [0.1, 0.15) is 52.4 Å². The van der Waals surface area contributed by atoms with Crippen LogP contribution in [0.25, 0.3) is 0 Å². The van der Waals surface area contributed by atoms with Crippen LogP contribution in [0.2, 0.25) is 0 Å². The van der Waals surface area contributed by atoms with E-state index in [2.05, 4.69) is 18.7 Å². The fraction of sp³-hybridized carbons (Fsp3) is 0.933. The number of rotatable bonds is 5. The van der Waals surface area contributed by atoms with Crippen LogP contribution in [-0.2, 0) is 9.53 Å². The molecule has 0 aromatic carbocycles. The van der Waals surface area contributed by atoms with Gasteiger partial charge in [0.05, 0.1) is 6.10 Å². The fourth-order valence-corrected chi connectivity index (χ4v) is 3.27. The van der Waals surface area contributed by atoms with E-state index in [4.69, 9.17) is 10.5 Å². The fourth-order valence-electron chi connectivity index (χ4n) is 3.27. The number of nitrogens with zero attached hydrogens (tertiary/aromatic N) is 1. The highest BCUT2D eigenvalue weighted by atomic mass is 16.5. The van der Waals surface area contributed by atoms with E-state index in [1.807, 2.05) is 0 Å². The highest BCUT2D eigenvalue weighted by Crippen LogP contribution is 2.28. The maximum atomic E-state index is 12.7. The molecule has 2 rings (SSSR count). The van der Waals surface area contributed by atoms with Crippen molar-refractivity contribution in [1.29, 1.82) is 0 Å². The molecular weight excluding hydrogens is 240 g/mol. The largest absolute Gasteiger partial charge is 0.364 e. The molecule has 110 valence electrons. The summed E-state index contributed by atoms with van der Waals surface area (Å²) in [5.41, 5.74) is 5.63. The Bertz CT molecular complexity index is 301. The van der Waals surface area contributed by atoms with E-state index in [-0.39, 0.29) is 18.1 Å². The van der Waals surface area contributed by atoms with Gasteiger partial charge < -0.3 is 15.4 Å². The average Bonchev–Trinajstić information content (AvgIpc) is 3.05. The van der Waals surface area contributed by atoms with Crippen LogP contribution < -0.4 is 5.73 Å². The van der Waals surface area contributed by atoms with Crippen molar-refractivity contribution < 1.29 is 9.53 Å². The zero-order chi connectivity index (χ0) is 13.8. The Morgan fingerprint density at radius 3 is 2.47 bits per heavy atom. The Kier molecular flexibility index (Phi) is 5.22. The van der Waals surface area contributed by atoms with Gasteiger partial charge in [-0.05, 0) is 31.6 Å². The molecule has 1 amide bonds. The summed E-state index contributed by atoms with van der Waals surface area (Å²) < 4.78 is 5.78. The summed E-state index contributed by atoms with van der Waals surface area (Å²) in [6, 6.07) is 0.440. The SMILES string of the molecule is CC(C)CN(C(=O)C1CCC(CN)O1)C1CCCC1. The molecule has 2 fully saturated rings. The lowest BCUT2D eigenvalue weighted by Gasteiger charge is -2.32. The molecule has 0 spiro atoms. The van der Waals surface area contributed by atoms with E-state index in [1.165, 1.54) is 12.8 Å². The molecule has 0 aromatic heterocycles. The predicted molar refractivity (Wildman–Crippen MR) is 75.8 cm³/mol. The smallest absolute Gasteiger partial charge is 0.251 e. The first kappa shape index (κ1) is 14.8. The van der Waals surface area contributed by atoms with Crippen LogP contribution >= 0.6 is 0 Å². The molecule has 1 aliphatic carbocycles. The zero-order valence-corrected chi connectivity index (χ0v) is 12.3. The van der Waals surface area contributed by atoms with Crippen molar-refractivity contribution in [3.05, 3.63) is 0 Å². The van der Waals surface area contributed by atoms with Crippen molar-refractivity contribution in [2.45, 2.75) is 70.6 Å². The molecule has 0 aromatic rings. The minimum Gasteiger partial charge on any atom is -0.364 e. The Morgan fingerprint density at radius 1 is 1.26 bits per heavy atom. The first-order valence-electron chi connectivity index (χ1n) is 7.77. The van der Waals surface area contributed by atoms with E-state index in [0.29, 0.717) is 18.5 Å². The standard InChI is InChI=1S/C15H28N2O2/c1-11(2)10-17(12-5-3-4-6-12)15(18)14-8-7-13(9-16)19-14/h11-14H,3-10,16H2,1-2H3. The van der Waals surface area contributed by atoms with Gasteiger partial charge in [0.15, 0.2) is 0 Å². The van der Waals surface area contributed by atoms with Gasteiger partial charge in [-0.1, -0.05) is 26.7 Å². The number of amides is 1. The topological polar surface area (TPSA) is 55.6 Å². The monoisotopic (exact) mass is 268 g/mol. The summed E-state index contributed by atoms with van der Waals surface area (Å²) in [6.45, 7) is 5.73. The Morgan fingerprint density at radius 2 is 1.95 bits per heavy atom. The third-order valence-corrected chi connectivity index (χ3v) is 4.26. The number of ether oxygens (including phenoxy) is 1. The van der Waals surface area contributed by atoms with Crippen LogP contribution in [0.4, 0.5) is 0 Å². The van der Waals surface area contributed by atoms with Crippen molar-refractivity contribution in [2.24, 2.45) is 11.7 Å². The lowest BCUT2D eigenvalue weighted by atomic mass is 10.1. The molecule has 2 aliphatic rings. The quantitative estimate of drug-likeness (QED) is 0.829. The average molecular weight is 268 g/mol. The lowest BCUT2D eigenvalue weighted by molar-refractivity contribution is -0.145. The van der Waals surface area contributed by atoms with Gasteiger partial charge in [-0.15, -0.1) is 0 Å². The Hall–Kier alpha value is -0.610. The molecule has 2 atom stereocenters. The van der Waals surface area contributed by atoms with Crippen LogP contribution in [0.15, 0.2) is 0 Å². The van der Waals surface area contributed by atoms with Gasteiger partial charge >= 0.3 is 0 Å². The maximum Gasteiger partial charge on any atom is 0.251 e. The molecule has 1 aliphatic heterocycles. The molecule has 19 heavy (non-hydrogen) atoms. The Labute approximate surface area is 116 Å². The summed E-state index contributed by atoms with van der Waals surface area (Å²) >= 11 is 0. The van der Waals surface area contributed by atoms with Gasteiger partial charge in [0, 0.05) is 19.1 Å². The van der Waals surface area contributed by atoms with Crippen molar-refractivity contribution in [3.8, 4) is 0 Å².